The number of carbonyl (C=O) groups is 1. The van der Waals surface area contributed by atoms with E-state index in [4.69, 9.17) is 0 Å². The Hall–Kier alpha value is -3.28. The highest BCUT2D eigenvalue weighted by atomic mass is 16.2. The Kier molecular flexibility index (Phi) is 4.08. The highest BCUT2D eigenvalue weighted by Gasteiger charge is 2.18. The molecule has 0 unspecified atom stereocenters. The number of carbonyl (C=O) groups excluding carboxylic acids is 1. The van der Waals surface area contributed by atoms with Crippen molar-refractivity contribution >= 4 is 12.0 Å². The van der Waals surface area contributed by atoms with E-state index in [1.165, 1.54) is 11.1 Å². The molecule has 0 spiro atoms. The molecule has 0 N–H and O–H groups in total. The molecule has 6 nitrogen and oxygen atoms in total. The molecule has 2 heterocycles. The van der Waals surface area contributed by atoms with Gasteiger partial charge in [-0.3, -0.25) is 4.79 Å². The van der Waals surface area contributed by atoms with E-state index in [-0.39, 0.29) is 5.91 Å². The number of rotatable bonds is 3. The highest BCUT2D eigenvalue weighted by Crippen LogP contribution is 2.19. The number of nitrogens with zero attached hydrogens (tertiary/aromatic N) is 5. The largest absolute Gasteiger partial charge is 0.334 e. The Morgan fingerprint density at radius 3 is 2.60 bits per heavy atom. The first-order chi connectivity index (χ1) is 12.3. The molecule has 124 valence electrons. The molecule has 2 aromatic carbocycles. The van der Waals surface area contributed by atoms with Crippen LogP contribution in [0.1, 0.15) is 16.7 Å². The second kappa shape index (κ2) is 6.68. The SMILES string of the molecule is O=C(/C=C/c1ccc(-n2cnnn2)cc1)N1CCc2ccccc2C1. The predicted molar refractivity (Wildman–Crippen MR) is 93.8 cm³/mol. The van der Waals surface area contributed by atoms with Crippen LogP contribution in [0.2, 0.25) is 0 Å². The van der Waals surface area contributed by atoms with Gasteiger partial charge in [-0.25, -0.2) is 4.68 Å². The zero-order valence-corrected chi connectivity index (χ0v) is 13.6. The summed E-state index contributed by atoms with van der Waals surface area (Å²) in [5, 5.41) is 11.1. The molecule has 0 saturated carbocycles. The summed E-state index contributed by atoms with van der Waals surface area (Å²) in [5.41, 5.74) is 4.42. The van der Waals surface area contributed by atoms with Gasteiger partial charge >= 0.3 is 0 Å². The van der Waals surface area contributed by atoms with Crippen LogP contribution in [0.5, 0.6) is 0 Å². The average Bonchev–Trinajstić information content (AvgIpc) is 3.21. The van der Waals surface area contributed by atoms with Gasteiger partial charge in [-0.1, -0.05) is 36.4 Å². The standard InChI is InChI=1S/C19H17N5O/c25-19(23-12-11-16-3-1-2-4-17(16)13-23)10-7-15-5-8-18(9-6-15)24-14-20-21-22-24/h1-10,14H,11-13H2/b10-7+. The fourth-order valence-electron chi connectivity index (χ4n) is 2.97. The van der Waals surface area contributed by atoms with Crippen LogP contribution in [0.3, 0.4) is 0 Å². The van der Waals surface area contributed by atoms with Gasteiger partial charge in [0.05, 0.1) is 5.69 Å². The summed E-state index contributed by atoms with van der Waals surface area (Å²) < 4.78 is 1.59. The van der Waals surface area contributed by atoms with Gasteiger partial charge in [0.15, 0.2) is 0 Å². The maximum absolute atomic E-state index is 12.4. The molecule has 0 aliphatic carbocycles. The van der Waals surface area contributed by atoms with E-state index in [9.17, 15) is 4.79 Å². The molecule has 0 radical (unpaired) electrons. The van der Waals surface area contributed by atoms with E-state index in [1.54, 1.807) is 17.1 Å². The van der Waals surface area contributed by atoms with Crippen LogP contribution in [-0.4, -0.2) is 37.6 Å². The molecular formula is C19H17N5O. The highest BCUT2D eigenvalue weighted by molar-refractivity contribution is 5.92. The lowest BCUT2D eigenvalue weighted by Crippen LogP contribution is -2.34. The number of fused-ring (bicyclic) bond motifs is 1. The molecule has 3 aromatic rings. The van der Waals surface area contributed by atoms with Crippen LogP contribution in [0, 0.1) is 0 Å². The summed E-state index contributed by atoms with van der Waals surface area (Å²) in [6, 6.07) is 16.0. The molecule has 1 aliphatic rings. The summed E-state index contributed by atoms with van der Waals surface area (Å²) in [7, 11) is 0. The van der Waals surface area contributed by atoms with Gasteiger partial charge in [-0.2, -0.15) is 0 Å². The smallest absolute Gasteiger partial charge is 0.246 e. The van der Waals surface area contributed by atoms with Crippen molar-refractivity contribution in [2.24, 2.45) is 0 Å². The van der Waals surface area contributed by atoms with Gasteiger partial charge in [0.25, 0.3) is 0 Å². The summed E-state index contributed by atoms with van der Waals surface area (Å²) in [5.74, 6) is 0.0408. The topological polar surface area (TPSA) is 63.9 Å². The third kappa shape index (κ3) is 3.33. The van der Waals surface area contributed by atoms with Crippen molar-refractivity contribution < 1.29 is 4.79 Å². The number of amides is 1. The van der Waals surface area contributed by atoms with Crippen molar-refractivity contribution in [1.82, 2.24) is 25.1 Å². The summed E-state index contributed by atoms with van der Waals surface area (Å²) in [4.78, 5) is 14.3. The molecule has 0 bridgehead atoms. The van der Waals surface area contributed by atoms with E-state index in [2.05, 4.69) is 33.7 Å². The second-order valence-corrected chi connectivity index (χ2v) is 5.96. The third-order valence-corrected chi connectivity index (χ3v) is 4.37. The Morgan fingerprint density at radius 2 is 1.84 bits per heavy atom. The van der Waals surface area contributed by atoms with Crippen molar-refractivity contribution in [2.75, 3.05) is 6.54 Å². The van der Waals surface area contributed by atoms with E-state index in [1.807, 2.05) is 41.3 Å². The number of tetrazole rings is 1. The molecule has 0 fully saturated rings. The van der Waals surface area contributed by atoms with Crippen LogP contribution in [0.25, 0.3) is 11.8 Å². The number of hydrogen-bond donors (Lipinski definition) is 0. The fraction of sp³-hybridized carbons (Fsp3) is 0.158. The molecule has 0 saturated heterocycles. The second-order valence-electron chi connectivity index (χ2n) is 5.96. The number of hydrogen-bond acceptors (Lipinski definition) is 4. The Balaban J connectivity index is 1.42. The summed E-state index contributed by atoms with van der Waals surface area (Å²) in [6.45, 7) is 1.44. The molecule has 1 amide bonds. The molecule has 1 aromatic heterocycles. The first kappa shape index (κ1) is 15.3. The molecular weight excluding hydrogens is 314 g/mol. The van der Waals surface area contributed by atoms with Crippen LogP contribution in [-0.2, 0) is 17.8 Å². The van der Waals surface area contributed by atoms with Crippen LogP contribution >= 0.6 is 0 Å². The average molecular weight is 331 g/mol. The monoisotopic (exact) mass is 331 g/mol. The number of benzene rings is 2. The van der Waals surface area contributed by atoms with E-state index >= 15 is 0 Å². The maximum atomic E-state index is 12.4. The molecule has 1 aliphatic heterocycles. The Morgan fingerprint density at radius 1 is 1.04 bits per heavy atom. The third-order valence-electron chi connectivity index (χ3n) is 4.37. The minimum atomic E-state index is 0.0408. The molecule has 25 heavy (non-hydrogen) atoms. The normalized spacial score (nSPS) is 13.8. The lowest BCUT2D eigenvalue weighted by atomic mass is 10.00. The zero-order valence-electron chi connectivity index (χ0n) is 13.6. The molecule has 6 heteroatoms. The van der Waals surface area contributed by atoms with Crippen molar-refractivity contribution in [3.8, 4) is 5.69 Å². The van der Waals surface area contributed by atoms with Gasteiger partial charge in [-0.15, -0.1) is 5.10 Å². The van der Waals surface area contributed by atoms with Crippen molar-refractivity contribution in [1.29, 1.82) is 0 Å². The van der Waals surface area contributed by atoms with E-state index < -0.39 is 0 Å². The molecule has 0 atom stereocenters. The van der Waals surface area contributed by atoms with Crippen LogP contribution in [0.4, 0.5) is 0 Å². The van der Waals surface area contributed by atoms with E-state index in [0.29, 0.717) is 6.54 Å². The van der Waals surface area contributed by atoms with Gasteiger partial charge in [-0.05, 0) is 51.7 Å². The van der Waals surface area contributed by atoms with Crippen molar-refractivity contribution in [3.05, 3.63) is 77.6 Å². The summed E-state index contributed by atoms with van der Waals surface area (Å²) >= 11 is 0. The first-order valence-corrected chi connectivity index (χ1v) is 8.17. The first-order valence-electron chi connectivity index (χ1n) is 8.17. The van der Waals surface area contributed by atoms with Gasteiger partial charge in [0, 0.05) is 19.2 Å². The zero-order chi connectivity index (χ0) is 17.1. The minimum Gasteiger partial charge on any atom is -0.334 e. The maximum Gasteiger partial charge on any atom is 0.246 e. The lowest BCUT2D eigenvalue weighted by Gasteiger charge is -2.27. The van der Waals surface area contributed by atoms with E-state index in [0.717, 1.165) is 24.2 Å². The van der Waals surface area contributed by atoms with Crippen molar-refractivity contribution in [2.45, 2.75) is 13.0 Å². The van der Waals surface area contributed by atoms with Crippen molar-refractivity contribution in [3.63, 3.8) is 0 Å². The van der Waals surface area contributed by atoms with Gasteiger partial charge in [0.1, 0.15) is 6.33 Å². The molecule has 4 rings (SSSR count). The Labute approximate surface area is 145 Å². The fourth-order valence-corrected chi connectivity index (χ4v) is 2.97. The van der Waals surface area contributed by atoms with Crippen LogP contribution < -0.4 is 0 Å². The van der Waals surface area contributed by atoms with Gasteiger partial charge in [0.2, 0.25) is 5.91 Å². The van der Waals surface area contributed by atoms with Crippen LogP contribution in [0.15, 0.2) is 60.9 Å². The van der Waals surface area contributed by atoms with Gasteiger partial charge < -0.3 is 4.90 Å². The summed E-state index contributed by atoms with van der Waals surface area (Å²) in [6.07, 6.45) is 5.94. The lowest BCUT2D eigenvalue weighted by molar-refractivity contribution is -0.126. The quantitative estimate of drug-likeness (QED) is 0.691. The predicted octanol–water partition coefficient (Wildman–Crippen LogP) is 2.26. The minimum absolute atomic E-state index is 0.0408. The number of aromatic nitrogens is 4. The Bertz CT molecular complexity index is 900.